The van der Waals surface area contributed by atoms with Gasteiger partial charge in [-0.15, -0.1) is 0 Å². The third-order valence-electron chi connectivity index (χ3n) is 3.28. The van der Waals surface area contributed by atoms with Crippen molar-refractivity contribution in [2.24, 2.45) is 11.1 Å². The number of nitrogens with zero attached hydrogens (tertiary/aromatic N) is 3. The van der Waals surface area contributed by atoms with Crippen molar-refractivity contribution in [3.63, 3.8) is 0 Å². The summed E-state index contributed by atoms with van der Waals surface area (Å²) in [7, 11) is 0. The van der Waals surface area contributed by atoms with Gasteiger partial charge in [-0.05, 0) is 24.1 Å². The molecule has 1 aromatic heterocycles. The maximum absolute atomic E-state index is 11.9. The van der Waals surface area contributed by atoms with E-state index in [0.29, 0.717) is 11.1 Å². The molecule has 0 fully saturated rings. The average Bonchev–Trinajstić information content (AvgIpc) is 2.54. The highest BCUT2D eigenvalue weighted by atomic mass is 16.6. The Hall–Kier alpha value is -2.77. The van der Waals surface area contributed by atoms with E-state index in [1.54, 1.807) is 18.3 Å². The molecule has 0 saturated heterocycles. The maximum atomic E-state index is 11.9. The van der Waals surface area contributed by atoms with E-state index in [9.17, 15) is 14.9 Å². The summed E-state index contributed by atoms with van der Waals surface area (Å²) >= 11 is 0. The number of carbonyl (C=O) groups excluding carboxylic acids is 1. The second-order valence-electron chi connectivity index (χ2n) is 5.28. The molecule has 2 N–H and O–H groups in total. The molecule has 1 aromatic rings. The monoisotopic (exact) mass is 320 g/mol. The van der Waals surface area contributed by atoms with Gasteiger partial charge in [-0.2, -0.15) is 0 Å². The summed E-state index contributed by atoms with van der Waals surface area (Å²) in [4.78, 5) is 26.3. The Morgan fingerprint density at radius 2 is 2.22 bits per heavy atom. The number of rotatable bonds is 7. The predicted octanol–water partition coefficient (Wildman–Crippen LogP) is 1.89. The van der Waals surface area contributed by atoms with Gasteiger partial charge in [0.15, 0.2) is 0 Å². The first-order chi connectivity index (χ1) is 10.9. The van der Waals surface area contributed by atoms with Crippen LogP contribution >= 0.6 is 0 Å². The standard InChI is InChI=1S/C15H20N4O4/c1-10(2)14(11(3)19(22)23)7-13(18-21)9-17-15(20)12-5-4-6-16-8-12/h4-8,10-11,21H,9H2,1-3H3,(H,17,20). The lowest BCUT2D eigenvalue weighted by Crippen LogP contribution is -2.30. The molecule has 1 amide bonds. The van der Waals surface area contributed by atoms with Gasteiger partial charge in [0.05, 0.1) is 17.8 Å². The van der Waals surface area contributed by atoms with Crippen molar-refractivity contribution in [3.05, 3.63) is 51.9 Å². The number of hydrogen-bond acceptors (Lipinski definition) is 6. The second kappa shape index (κ2) is 8.62. The summed E-state index contributed by atoms with van der Waals surface area (Å²) < 4.78 is 0. The largest absolute Gasteiger partial charge is 0.411 e. The molecular formula is C15H20N4O4. The van der Waals surface area contributed by atoms with Gasteiger partial charge in [-0.1, -0.05) is 19.0 Å². The summed E-state index contributed by atoms with van der Waals surface area (Å²) in [6, 6.07) is 2.33. The number of pyridine rings is 1. The first-order valence-electron chi connectivity index (χ1n) is 7.11. The van der Waals surface area contributed by atoms with E-state index in [1.165, 1.54) is 19.2 Å². The van der Waals surface area contributed by atoms with Crippen LogP contribution in [0.3, 0.4) is 0 Å². The summed E-state index contributed by atoms with van der Waals surface area (Å²) in [5.74, 6) is -0.470. The lowest BCUT2D eigenvalue weighted by atomic mass is 9.95. The molecule has 1 rings (SSSR count). The molecule has 0 aliphatic heterocycles. The zero-order valence-electron chi connectivity index (χ0n) is 13.3. The fourth-order valence-corrected chi connectivity index (χ4v) is 1.97. The van der Waals surface area contributed by atoms with Gasteiger partial charge in [0, 0.05) is 29.8 Å². The normalized spacial score (nSPS) is 13.7. The number of hydrogen-bond donors (Lipinski definition) is 2. The molecule has 1 atom stereocenters. The third-order valence-corrected chi connectivity index (χ3v) is 3.28. The Kier molecular flexibility index (Phi) is 6.85. The highest BCUT2D eigenvalue weighted by molar-refractivity contribution is 6.01. The highest BCUT2D eigenvalue weighted by Crippen LogP contribution is 2.16. The second-order valence-corrected chi connectivity index (χ2v) is 5.28. The first kappa shape index (κ1) is 18.3. The van der Waals surface area contributed by atoms with Crippen molar-refractivity contribution >= 4 is 11.6 Å². The van der Waals surface area contributed by atoms with Crippen molar-refractivity contribution in [1.82, 2.24) is 10.3 Å². The van der Waals surface area contributed by atoms with E-state index >= 15 is 0 Å². The molecule has 0 bridgehead atoms. The summed E-state index contributed by atoms with van der Waals surface area (Å²) in [6.45, 7) is 5.05. The van der Waals surface area contributed by atoms with Crippen LogP contribution in [-0.4, -0.2) is 39.3 Å². The molecule has 124 valence electrons. The molecular weight excluding hydrogens is 300 g/mol. The van der Waals surface area contributed by atoms with Crippen molar-refractivity contribution in [2.75, 3.05) is 6.54 Å². The van der Waals surface area contributed by atoms with Gasteiger partial charge in [0.1, 0.15) is 0 Å². The van der Waals surface area contributed by atoms with Gasteiger partial charge < -0.3 is 10.5 Å². The van der Waals surface area contributed by atoms with Crippen molar-refractivity contribution in [1.29, 1.82) is 0 Å². The smallest absolute Gasteiger partial charge is 0.253 e. The SMILES string of the molecule is CC(C)C(=CC(CNC(=O)c1cccnc1)=NO)C(C)[N+](=O)[O-]. The molecule has 8 heteroatoms. The van der Waals surface area contributed by atoms with Crippen LogP contribution in [0.5, 0.6) is 0 Å². The predicted molar refractivity (Wildman–Crippen MR) is 85.2 cm³/mol. The zero-order chi connectivity index (χ0) is 17.4. The van der Waals surface area contributed by atoms with Crippen LogP contribution in [0.25, 0.3) is 0 Å². The van der Waals surface area contributed by atoms with E-state index in [1.807, 2.05) is 13.8 Å². The molecule has 1 heterocycles. The quantitative estimate of drug-likeness (QED) is 0.344. The number of amides is 1. The average molecular weight is 320 g/mol. The summed E-state index contributed by atoms with van der Waals surface area (Å²) in [5.41, 5.74) is 1.02. The number of aromatic nitrogens is 1. The minimum Gasteiger partial charge on any atom is -0.411 e. The summed E-state index contributed by atoms with van der Waals surface area (Å²) in [5, 5.41) is 25.7. The van der Waals surface area contributed by atoms with Crippen LogP contribution in [0.2, 0.25) is 0 Å². The van der Waals surface area contributed by atoms with Crippen molar-refractivity contribution < 1.29 is 14.9 Å². The first-order valence-corrected chi connectivity index (χ1v) is 7.11. The Morgan fingerprint density at radius 1 is 1.52 bits per heavy atom. The van der Waals surface area contributed by atoms with Crippen LogP contribution in [0.4, 0.5) is 0 Å². The lowest BCUT2D eigenvalue weighted by Gasteiger charge is -2.13. The van der Waals surface area contributed by atoms with E-state index in [0.717, 1.165) is 0 Å². The Balaban J connectivity index is 2.82. The van der Waals surface area contributed by atoms with Gasteiger partial charge in [0.2, 0.25) is 6.04 Å². The molecule has 0 saturated carbocycles. The van der Waals surface area contributed by atoms with E-state index in [4.69, 9.17) is 5.21 Å². The van der Waals surface area contributed by atoms with E-state index in [-0.39, 0.29) is 24.1 Å². The third kappa shape index (κ3) is 5.50. The topological polar surface area (TPSA) is 118 Å². The van der Waals surface area contributed by atoms with E-state index in [2.05, 4.69) is 15.5 Å². The molecule has 8 nitrogen and oxygen atoms in total. The minimum absolute atomic E-state index is 0.0507. The van der Waals surface area contributed by atoms with Gasteiger partial charge in [0.25, 0.3) is 5.91 Å². The maximum Gasteiger partial charge on any atom is 0.253 e. The minimum atomic E-state index is -0.902. The van der Waals surface area contributed by atoms with Gasteiger partial charge in [-0.3, -0.25) is 19.9 Å². The van der Waals surface area contributed by atoms with Crippen molar-refractivity contribution in [2.45, 2.75) is 26.8 Å². The molecule has 23 heavy (non-hydrogen) atoms. The van der Waals surface area contributed by atoms with Crippen LogP contribution < -0.4 is 5.32 Å². The van der Waals surface area contributed by atoms with Crippen LogP contribution in [0.15, 0.2) is 41.3 Å². The van der Waals surface area contributed by atoms with E-state index < -0.39 is 11.0 Å². The number of nitro groups is 1. The molecule has 0 aliphatic rings. The number of carbonyl (C=O) groups is 1. The zero-order valence-corrected chi connectivity index (χ0v) is 13.3. The fourth-order valence-electron chi connectivity index (χ4n) is 1.97. The Bertz CT molecular complexity index is 611. The molecule has 0 radical (unpaired) electrons. The highest BCUT2D eigenvalue weighted by Gasteiger charge is 2.22. The van der Waals surface area contributed by atoms with Crippen LogP contribution in [0.1, 0.15) is 31.1 Å². The lowest BCUT2D eigenvalue weighted by molar-refractivity contribution is -0.508. The number of oxime groups is 1. The number of nitrogens with one attached hydrogen (secondary N) is 1. The molecule has 0 spiro atoms. The molecule has 0 aliphatic carbocycles. The Morgan fingerprint density at radius 3 is 2.70 bits per heavy atom. The van der Waals surface area contributed by atoms with Gasteiger partial charge in [-0.25, -0.2) is 0 Å². The summed E-state index contributed by atoms with van der Waals surface area (Å²) in [6.07, 6.45) is 4.41. The molecule has 0 aromatic carbocycles. The van der Waals surface area contributed by atoms with Gasteiger partial charge >= 0.3 is 0 Å². The molecule has 1 unspecified atom stereocenters. The van der Waals surface area contributed by atoms with Crippen LogP contribution in [-0.2, 0) is 0 Å². The van der Waals surface area contributed by atoms with Crippen LogP contribution in [0, 0.1) is 16.0 Å². The Labute approximate surface area is 134 Å². The fraction of sp³-hybridized carbons (Fsp3) is 0.400. The van der Waals surface area contributed by atoms with Crippen molar-refractivity contribution in [3.8, 4) is 0 Å².